The number of nitrogens with zero attached hydrogens (tertiary/aromatic N) is 1. The molecule has 0 unspecified atom stereocenters. The normalized spacial score (nSPS) is 10.8. The molecule has 0 fully saturated rings. The third-order valence-electron chi connectivity index (χ3n) is 0.835. The smallest absolute Gasteiger partial charge is 0.0326 e. The Labute approximate surface area is 66.1 Å². The molecule has 5 heteroatoms. The number of hydrogen-bond acceptors (Lipinski definition) is 5. The fraction of sp³-hybridized carbons (Fsp3) is 0.333. The molecule has 0 aromatic carbocycles. The lowest BCUT2D eigenvalue weighted by atomic mass is 10.6. The third kappa shape index (κ3) is 9.12. The summed E-state index contributed by atoms with van der Waals surface area (Å²) >= 11 is 0. The van der Waals surface area contributed by atoms with Crippen LogP contribution < -0.4 is 16.7 Å². The second kappa shape index (κ2) is 7.23. The zero-order chi connectivity index (χ0) is 8.53. The Bertz CT molecular complexity index is 124. The number of rotatable bonds is 6. The summed E-state index contributed by atoms with van der Waals surface area (Å²) in [6, 6.07) is 0. The summed E-state index contributed by atoms with van der Waals surface area (Å²) in [5, 5.41) is 10.5. The van der Waals surface area contributed by atoms with Gasteiger partial charge in [0.25, 0.3) is 0 Å². The van der Waals surface area contributed by atoms with E-state index >= 15 is 0 Å². The SMILES string of the molecule is C=CCNN/C=C\CN(N)[O-]. The van der Waals surface area contributed by atoms with Crippen molar-refractivity contribution in [3.63, 3.8) is 0 Å². The molecule has 64 valence electrons. The lowest BCUT2D eigenvalue weighted by molar-refractivity contribution is 0.440. The lowest BCUT2D eigenvalue weighted by Gasteiger charge is -2.18. The van der Waals surface area contributed by atoms with E-state index < -0.39 is 0 Å². The average Bonchev–Trinajstić information content (AvgIpc) is 1.96. The van der Waals surface area contributed by atoms with Crippen LogP contribution in [-0.4, -0.2) is 18.3 Å². The van der Waals surface area contributed by atoms with E-state index in [0.717, 1.165) is 0 Å². The van der Waals surface area contributed by atoms with Gasteiger partial charge in [0.05, 0.1) is 0 Å². The average molecular weight is 157 g/mol. The van der Waals surface area contributed by atoms with E-state index in [0.29, 0.717) is 11.7 Å². The first-order valence-corrected chi connectivity index (χ1v) is 3.21. The maximum atomic E-state index is 10.1. The molecule has 0 bridgehead atoms. The largest absolute Gasteiger partial charge is 0.772 e. The number of hydrogen-bond donors (Lipinski definition) is 3. The van der Waals surface area contributed by atoms with Crippen LogP contribution in [0.1, 0.15) is 0 Å². The first-order valence-electron chi connectivity index (χ1n) is 3.21. The molecule has 0 aliphatic carbocycles. The second-order valence-corrected chi connectivity index (χ2v) is 1.82. The number of hydrazine groups is 2. The zero-order valence-corrected chi connectivity index (χ0v) is 6.29. The van der Waals surface area contributed by atoms with Crippen LogP contribution in [0.3, 0.4) is 0 Å². The number of nitrogens with one attached hydrogen (secondary N) is 2. The van der Waals surface area contributed by atoms with E-state index in [9.17, 15) is 5.21 Å². The molecule has 0 spiro atoms. The van der Waals surface area contributed by atoms with E-state index in [-0.39, 0.29) is 6.54 Å². The van der Waals surface area contributed by atoms with Crippen molar-refractivity contribution in [3.8, 4) is 0 Å². The van der Waals surface area contributed by atoms with Crippen LogP contribution in [0.25, 0.3) is 0 Å². The van der Waals surface area contributed by atoms with Gasteiger partial charge in [0.15, 0.2) is 0 Å². The van der Waals surface area contributed by atoms with Crippen molar-refractivity contribution in [1.82, 2.24) is 16.0 Å². The van der Waals surface area contributed by atoms with Crippen molar-refractivity contribution >= 4 is 0 Å². The first kappa shape index (κ1) is 10.1. The summed E-state index contributed by atoms with van der Waals surface area (Å²) in [4.78, 5) is 0. The number of hydroxylamine groups is 1. The summed E-state index contributed by atoms with van der Waals surface area (Å²) in [5.74, 6) is 4.80. The van der Waals surface area contributed by atoms with E-state index in [1.54, 1.807) is 18.4 Å². The molecule has 0 rings (SSSR count). The maximum absolute atomic E-state index is 10.1. The van der Waals surface area contributed by atoms with Gasteiger partial charge in [0.1, 0.15) is 0 Å². The van der Waals surface area contributed by atoms with E-state index in [4.69, 9.17) is 5.84 Å². The van der Waals surface area contributed by atoms with Crippen LogP contribution in [0.15, 0.2) is 24.9 Å². The van der Waals surface area contributed by atoms with Crippen molar-refractivity contribution in [3.05, 3.63) is 30.1 Å². The highest BCUT2D eigenvalue weighted by atomic mass is 16.5. The van der Waals surface area contributed by atoms with Gasteiger partial charge in [-0.15, -0.1) is 6.58 Å². The van der Waals surface area contributed by atoms with Gasteiger partial charge >= 0.3 is 0 Å². The summed E-state index contributed by atoms with van der Waals surface area (Å²) in [5.41, 5.74) is 5.51. The van der Waals surface area contributed by atoms with Crippen LogP contribution in [0.4, 0.5) is 0 Å². The minimum atomic E-state index is 0.169. The highest BCUT2D eigenvalue weighted by molar-refractivity contribution is 4.81. The van der Waals surface area contributed by atoms with Gasteiger partial charge < -0.3 is 15.8 Å². The van der Waals surface area contributed by atoms with Crippen molar-refractivity contribution in [2.75, 3.05) is 13.1 Å². The fourth-order valence-electron chi connectivity index (χ4n) is 0.406. The molecule has 0 saturated carbocycles. The topological polar surface area (TPSA) is 76.4 Å². The van der Waals surface area contributed by atoms with Gasteiger partial charge in [-0.2, -0.15) is 0 Å². The second-order valence-electron chi connectivity index (χ2n) is 1.82. The summed E-state index contributed by atoms with van der Waals surface area (Å²) in [6.45, 7) is 4.33. The van der Waals surface area contributed by atoms with Gasteiger partial charge in [-0.3, -0.25) is 5.84 Å². The zero-order valence-electron chi connectivity index (χ0n) is 6.29. The molecule has 0 saturated heterocycles. The Morgan fingerprint density at radius 1 is 1.64 bits per heavy atom. The quantitative estimate of drug-likeness (QED) is 0.209. The molecular weight excluding hydrogens is 144 g/mol. The van der Waals surface area contributed by atoms with E-state index in [1.165, 1.54) is 0 Å². The van der Waals surface area contributed by atoms with Gasteiger partial charge in [-0.05, 0) is 0 Å². The molecule has 0 aliphatic heterocycles. The molecule has 5 nitrogen and oxygen atoms in total. The highest BCUT2D eigenvalue weighted by Gasteiger charge is 1.74. The van der Waals surface area contributed by atoms with Crippen LogP contribution >= 0.6 is 0 Å². The Balaban J connectivity index is 3.09. The molecular formula is C6H13N4O-. The van der Waals surface area contributed by atoms with Crippen LogP contribution in [-0.2, 0) is 0 Å². The molecule has 0 radical (unpaired) electrons. The molecule has 0 heterocycles. The van der Waals surface area contributed by atoms with Crippen LogP contribution in [0.2, 0.25) is 0 Å². The van der Waals surface area contributed by atoms with E-state index in [1.807, 2.05) is 0 Å². The predicted octanol–water partition coefficient (Wildman–Crippen LogP) is -0.546. The Kier molecular flexibility index (Phi) is 6.65. The first-order chi connectivity index (χ1) is 5.27. The summed E-state index contributed by atoms with van der Waals surface area (Å²) in [7, 11) is 0. The van der Waals surface area contributed by atoms with Crippen LogP contribution in [0, 0.1) is 5.21 Å². The lowest BCUT2D eigenvalue weighted by Crippen LogP contribution is -2.28. The molecule has 4 N–H and O–H groups in total. The monoisotopic (exact) mass is 157 g/mol. The summed E-state index contributed by atoms with van der Waals surface area (Å²) in [6.07, 6.45) is 4.91. The van der Waals surface area contributed by atoms with Gasteiger partial charge in [-0.25, -0.2) is 5.43 Å². The Morgan fingerprint density at radius 3 is 2.91 bits per heavy atom. The fourth-order valence-corrected chi connectivity index (χ4v) is 0.406. The molecule has 0 aromatic rings. The predicted molar refractivity (Wildman–Crippen MR) is 44.7 cm³/mol. The minimum absolute atomic E-state index is 0.169. The van der Waals surface area contributed by atoms with Crippen LogP contribution in [0.5, 0.6) is 0 Å². The van der Waals surface area contributed by atoms with Gasteiger partial charge in [0, 0.05) is 19.3 Å². The molecule has 0 atom stereocenters. The summed E-state index contributed by atoms with van der Waals surface area (Å²) < 4.78 is 0. The van der Waals surface area contributed by atoms with Crippen molar-refractivity contribution < 1.29 is 0 Å². The van der Waals surface area contributed by atoms with Gasteiger partial charge in [-0.1, -0.05) is 12.2 Å². The molecule has 11 heavy (non-hydrogen) atoms. The standard InChI is InChI=1S/C6H13N4O/c1-2-4-8-9-5-3-6-10(7)11/h2-3,5,8-9H,1,4,6-7H2/q-1/b5-3-. The molecule has 0 aliphatic rings. The molecule has 0 amide bonds. The highest BCUT2D eigenvalue weighted by Crippen LogP contribution is 1.71. The Hall–Kier alpha value is -0.880. The van der Waals surface area contributed by atoms with Crippen molar-refractivity contribution in [2.45, 2.75) is 0 Å². The van der Waals surface area contributed by atoms with E-state index in [2.05, 4.69) is 17.4 Å². The van der Waals surface area contributed by atoms with Crippen molar-refractivity contribution in [1.29, 1.82) is 0 Å². The minimum Gasteiger partial charge on any atom is -0.772 e. The van der Waals surface area contributed by atoms with Gasteiger partial charge in [0.2, 0.25) is 0 Å². The number of nitrogens with two attached hydrogens (primary N) is 1. The third-order valence-corrected chi connectivity index (χ3v) is 0.835. The van der Waals surface area contributed by atoms with Crippen molar-refractivity contribution in [2.24, 2.45) is 5.84 Å². The Morgan fingerprint density at radius 2 is 2.36 bits per heavy atom. The maximum Gasteiger partial charge on any atom is 0.0326 e. The molecule has 0 aromatic heterocycles.